The molecule has 1 aromatic heterocycles. The lowest BCUT2D eigenvalue weighted by Crippen LogP contribution is -2.03. The summed E-state index contributed by atoms with van der Waals surface area (Å²) in [5.74, 6) is -1.05. The number of hydrogen-bond donors (Lipinski definition) is 1. The van der Waals surface area contributed by atoms with Gasteiger partial charge < -0.3 is 10.1 Å². The van der Waals surface area contributed by atoms with Gasteiger partial charge in [0.05, 0.1) is 28.9 Å². The molecule has 0 aliphatic rings. The Morgan fingerprint density at radius 1 is 1.28 bits per heavy atom. The normalized spacial score (nSPS) is 10.7. The summed E-state index contributed by atoms with van der Waals surface area (Å²) in [4.78, 5) is 22.0. The van der Waals surface area contributed by atoms with E-state index >= 15 is 0 Å². The van der Waals surface area contributed by atoms with Gasteiger partial charge in [-0.2, -0.15) is 4.39 Å². The van der Waals surface area contributed by atoms with E-state index in [9.17, 15) is 19.3 Å². The standard InChI is InChI=1S/C17H14FN3O4/c1-10(22)20-9-14(11-5-3-4-6-15(11)20)19-13-8-16(21(23)24)12(18)7-17(13)25-2/h3-9,19H,1-2H3. The van der Waals surface area contributed by atoms with Crippen LogP contribution in [0.2, 0.25) is 0 Å². The van der Waals surface area contributed by atoms with Gasteiger partial charge in [-0.05, 0) is 6.07 Å². The highest BCUT2D eigenvalue weighted by Crippen LogP contribution is 2.36. The third-order valence-corrected chi connectivity index (χ3v) is 3.79. The van der Waals surface area contributed by atoms with Crippen LogP contribution in [-0.2, 0) is 0 Å². The summed E-state index contributed by atoms with van der Waals surface area (Å²) in [6.45, 7) is 1.43. The quantitative estimate of drug-likeness (QED) is 0.569. The average Bonchev–Trinajstić information content (AvgIpc) is 2.95. The van der Waals surface area contributed by atoms with Crippen molar-refractivity contribution < 1.29 is 18.8 Å². The summed E-state index contributed by atoms with van der Waals surface area (Å²) in [7, 11) is 1.34. The van der Waals surface area contributed by atoms with Crippen LogP contribution >= 0.6 is 0 Å². The van der Waals surface area contributed by atoms with Crippen LogP contribution in [0.25, 0.3) is 10.9 Å². The Bertz CT molecular complexity index is 997. The summed E-state index contributed by atoms with van der Waals surface area (Å²) >= 11 is 0. The van der Waals surface area contributed by atoms with Crippen LogP contribution in [0, 0.1) is 15.9 Å². The lowest BCUT2D eigenvalue weighted by Gasteiger charge is -2.10. The second kappa shape index (κ2) is 6.23. The van der Waals surface area contributed by atoms with Crippen molar-refractivity contribution in [1.82, 2.24) is 4.57 Å². The van der Waals surface area contributed by atoms with Gasteiger partial charge in [0, 0.05) is 30.6 Å². The van der Waals surface area contributed by atoms with E-state index < -0.39 is 16.4 Å². The number of para-hydroxylation sites is 1. The number of ether oxygens (including phenoxy) is 1. The number of aromatic nitrogens is 1. The number of halogens is 1. The highest BCUT2D eigenvalue weighted by atomic mass is 19.1. The molecule has 0 bridgehead atoms. The van der Waals surface area contributed by atoms with Crippen molar-refractivity contribution in [3.63, 3.8) is 0 Å². The first-order chi connectivity index (χ1) is 11.9. The van der Waals surface area contributed by atoms with Crippen molar-refractivity contribution in [3.8, 4) is 5.75 Å². The molecule has 8 heteroatoms. The molecule has 0 saturated heterocycles. The molecule has 0 saturated carbocycles. The van der Waals surface area contributed by atoms with Crippen LogP contribution in [0.3, 0.4) is 0 Å². The van der Waals surface area contributed by atoms with Crippen molar-refractivity contribution in [1.29, 1.82) is 0 Å². The van der Waals surface area contributed by atoms with Gasteiger partial charge in [-0.15, -0.1) is 0 Å². The Hall–Kier alpha value is -3.42. The van der Waals surface area contributed by atoms with E-state index in [1.165, 1.54) is 18.6 Å². The molecule has 2 aromatic carbocycles. The highest BCUT2D eigenvalue weighted by Gasteiger charge is 2.20. The molecule has 0 amide bonds. The highest BCUT2D eigenvalue weighted by molar-refractivity contribution is 6.00. The van der Waals surface area contributed by atoms with Gasteiger partial charge >= 0.3 is 5.69 Å². The van der Waals surface area contributed by atoms with Gasteiger partial charge in [0.15, 0.2) is 0 Å². The number of nitro benzene ring substituents is 1. The fraction of sp³-hybridized carbons (Fsp3) is 0.118. The first-order valence-electron chi connectivity index (χ1n) is 7.32. The molecule has 1 heterocycles. The van der Waals surface area contributed by atoms with Gasteiger partial charge in [-0.3, -0.25) is 19.5 Å². The molecule has 3 rings (SSSR count). The second-order valence-corrected chi connectivity index (χ2v) is 5.33. The van der Waals surface area contributed by atoms with Gasteiger partial charge in [0.25, 0.3) is 0 Å². The van der Waals surface area contributed by atoms with Crippen LogP contribution in [0.5, 0.6) is 5.75 Å². The topological polar surface area (TPSA) is 86.4 Å². The third kappa shape index (κ3) is 2.89. The molecular formula is C17H14FN3O4. The maximum Gasteiger partial charge on any atom is 0.307 e. The second-order valence-electron chi connectivity index (χ2n) is 5.33. The number of hydrogen-bond acceptors (Lipinski definition) is 5. The van der Waals surface area contributed by atoms with Crippen LogP contribution in [0.1, 0.15) is 11.7 Å². The van der Waals surface area contributed by atoms with Crippen LogP contribution in [0.4, 0.5) is 21.5 Å². The van der Waals surface area contributed by atoms with E-state index in [1.54, 1.807) is 18.3 Å². The molecule has 25 heavy (non-hydrogen) atoms. The first kappa shape index (κ1) is 16.4. The Kier molecular flexibility index (Phi) is 4.10. The van der Waals surface area contributed by atoms with E-state index in [2.05, 4.69) is 5.32 Å². The molecular weight excluding hydrogens is 329 g/mol. The number of anilines is 2. The van der Waals surface area contributed by atoms with Crippen molar-refractivity contribution in [3.05, 3.63) is 58.5 Å². The predicted octanol–water partition coefficient (Wildman–Crippen LogP) is 4.10. The molecule has 0 atom stereocenters. The van der Waals surface area contributed by atoms with E-state index in [0.717, 1.165) is 17.5 Å². The zero-order valence-electron chi connectivity index (χ0n) is 13.4. The van der Waals surface area contributed by atoms with Crippen LogP contribution in [-0.4, -0.2) is 22.5 Å². The average molecular weight is 343 g/mol. The smallest absolute Gasteiger partial charge is 0.307 e. The van der Waals surface area contributed by atoms with Crippen molar-refractivity contribution in [2.45, 2.75) is 6.92 Å². The van der Waals surface area contributed by atoms with Crippen LogP contribution in [0.15, 0.2) is 42.6 Å². The lowest BCUT2D eigenvalue weighted by atomic mass is 10.2. The monoisotopic (exact) mass is 343 g/mol. The summed E-state index contributed by atoms with van der Waals surface area (Å²) in [5, 5.41) is 14.7. The first-order valence-corrected chi connectivity index (χ1v) is 7.32. The van der Waals surface area contributed by atoms with Gasteiger partial charge in [-0.25, -0.2) is 0 Å². The molecule has 0 fully saturated rings. The van der Waals surface area contributed by atoms with Gasteiger partial charge in [0.1, 0.15) is 5.75 Å². The largest absolute Gasteiger partial charge is 0.494 e. The van der Waals surface area contributed by atoms with Crippen molar-refractivity contribution >= 4 is 33.9 Å². The number of nitrogens with one attached hydrogen (secondary N) is 1. The summed E-state index contributed by atoms with van der Waals surface area (Å²) in [6, 6.07) is 9.21. The van der Waals surface area contributed by atoms with Gasteiger partial charge in [0.2, 0.25) is 11.7 Å². The molecule has 128 valence electrons. The number of methoxy groups -OCH3 is 1. The molecule has 7 nitrogen and oxygen atoms in total. The number of carbonyl (C=O) groups is 1. The number of nitrogens with zero attached hydrogens (tertiary/aromatic N) is 2. The van der Waals surface area contributed by atoms with Crippen LogP contribution < -0.4 is 10.1 Å². The Balaban J connectivity index is 2.15. The van der Waals surface area contributed by atoms with E-state index in [0.29, 0.717) is 11.2 Å². The molecule has 3 aromatic rings. The molecule has 0 spiro atoms. The van der Waals surface area contributed by atoms with E-state index in [-0.39, 0.29) is 17.3 Å². The fourth-order valence-electron chi connectivity index (χ4n) is 2.63. The Labute approximate surface area is 141 Å². The minimum Gasteiger partial charge on any atom is -0.494 e. The number of nitro groups is 1. The zero-order chi connectivity index (χ0) is 18.1. The van der Waals surface area contributed by atoms with Gasteiger partial charge in [-0.1, -0.05) is 18.2 Å². The van der Waals surface area contributed by atoms with Crippen molar-refractivity contribution in [2.75, 3.05) is 12.4 Å². The summed E-state index contributed by atoms with van der Waals surface area (Å²) in [6.07, 6.45) is 1.58. The molecule has 0 unspecified atom stereocenters. The molecule has 0 radical (unpaired) electrons. The minimum absolute atomic E-state index is 0.114. The SMILES string of the molecule is COc1cc(F)c([N+](=O)[O-])cc1Nc1cn(C(C)=O)c2ccccc12. The maximum atomic E-state index is 13.8. The molecule has 0 aliphatic heterocycles. The van der Waals surface area contributed by atoms with E-state index in [4.69, 9.17) is 4.74 Å². The lowest BCUT2D eigenvalue weighted by molar-refractivity contribution is -0.387. The van der Waals surface area contributed by atoms with E-state index in [1.807, 2.05) is 12.1 Å². The number of carbonyl (C=O) groups excluding carboxylic acids is 1. The Morgan fingerprint density at radius 3 is 2.64 bits per heavy atom. The molecule has 1 N–H and O–H groups in total. The zero-order valence-corrected chi connectivity index (χ0v) is 13.4. The third-order valence-electron chi connectivity index (χ3n) is 3.79. The number of benzene rings is 2. The number of rotatable bonds is 4. The fourth-order valence-corrected chi connectivity index (χ4v) is 2.63. The Morgan fingerprint density at radius 2 is 2.00 bits per heavy atom. The number of fused-ring (bicyclic) bond motifs is 1. The minimum atomic E-state index is -0.987. The summed E-state index contributed by atoms with van der Waals surface area (Å²) in [5.41, 5.74) is 0.791. The van der Waals surface area contributed by atoms with Crippen molar-refractivity contribution in [2.24, 2.45) is 0 Å². The molecule has 0 aliphatic carbocycles. The predicted molar refractivity (Wildman–Crippen MR) is 91.1 cm³/mol. The maximum absolute atomic E-state index is 13.8. The summed E-state index contributed by atoms with van der Waals surface area (Å²) < 4.78 is 20.3.